The average Bonchev–Trinajstić information content (AvgIpc) is 2.88. The predicted octanol–water partition coefficient (Wildman–Crippen LogP) is -0.350. The summed E-state index contributed by atoms with van der Waals surface area (Å²) < 4.78 is 38.6. The Morgan fingerprint density at radius 3 is 2.44 bits per heavy atom. The molecule has 2 saturated heterocycles. The summed E-state index contributed by atoms with van der Waals surface area (Å²) in [6, 6.07) is 11.3. The number of anilines is 1. The first kappa shape index (κ1) is 26.5. The molecule has 2 fully saturated rings. The van der Waals surface area contributed by atoms with Crippen LogP contribution in [0.25, 0.3) is 16.3 Å². The van der Waals surface area contributed by atoms with Crippen molar-refractivity contribution in [1.82, 2.24) is 4.72 Å². The van der Waals surface area contributed by atoms with E-state index in [-0.39, 0.29) is 5.57 Å². The molecule has 5 N–H and O–H groups in total. The number of sulfonamides is 1. The smallest absolute Gasteiger partial charge is 0.251 e. The standard InChI is InChI=1S/C24H29N3O8S/c1-14(15-2-3-17-11-18(5-4-16(17)10-15)27-6-8-34-9-7-27)20(12-25)36(32,33)26-21-23(30)22(29)19(13-28)35-24(21)31/h2-5,10-11,19,21-24,26,28-31H,6-9,13H2,1H3. The first-order chi connectivity index (χ1) is 17.2. The van der Waals surface area contributed by atoms with Crippen LogP contribution in [-0.4, -0.2) is 92.4 Å². The molecule has 2 aromatic carbocycles. The summed E-state index contributed by atoms with van der Waals surface area (Å²) in [5, 5.41) is 51.2. The van der Waals surface area contributed by atoms with E-state index in [1.54, 1.807) is 18.2 Å². The minimum atomic E-state index is -4.53. The van der Waals surface area contributed by atoms with E-state index in [2.05, 4.69) is 9.62 Å². The van der Waals surface area contributed by atoms with Crippen molar-refractivity contribution in [1.29, 1.82) is 5.26 Å². The van der Waals surface area contributed by atoms with Crippen LogP contribution in [-0.2, 0) is 19.5 Å². The second-order valence-corrected chi connectivity index (χ2v) is 10.4. The molecule has 0 amide bonds. The molecule has 2 heterocycles. The van der Waals surface area contributed by atoms with Crippen LogP contribution < -0.4 is 9.62 Å². The third-order valence-corrected chi connectivity index (χ3v) is 8.05. The Kier molecular flexibility index (Phi) is 7.93. The van der Waals surface area contributed by atoms with Gasteiger partial charge in [-0.25, -0.2) is 8.42 Å². The molecule has 36 heavy (non-hydrogen) atoms. The van der Waals surface area contributed by atoms with E-state index in [0.717, 1.165) is 29.5 Å². The van der Waals surface area contributed by atoms with Gasteiger partial charge in [-0.3, -0.25) is 0 Å². The lowest BCUT2D eigenvalue weighted by molar-refractivity contribution is -0.251. The van der Waals surface area contributed by atoms with Gasteiger partial charge in [-0.15, -0.1) is 0 Å². The number of allylic oxidation sites excluding steroid dienone is 2. The summed E-state index contributed by atoms with van der Waals surface area (Å²) in [4.78, 5) is 1.62. The van der Waals surface area contributed by atoms with E-state index in [9.17, 15) is 34.1 Å². The minimum Gasteiger partial charge on any atom is -0.394 e. The molecule has 5 unspecified atom stereocenters. The van der Waals surface area contributed by atoms with Gasteiger partial charge in [-0.05, 0) is 47.0 Å². The average molecular weight is 520 g/mol. The molecule has 2 aliphatic heterocycles. The number of nitrogens with zero attached hydrogens (tertiary/aromatic N) is 2. The number of hydrogen-bond donors (Lipinski definition) is 5. The lowest BCUT2D eigenvalue weighted by Gasteiger charge is -2.40. The van der Waals surface area contributed by atoms with Crippen LogP contribution in [0, 0.1) is 11.3 Å². The highest BCUT2D eigenvalue weighted by Crippen LogP contribution is 2.29. The van der Waals surface area contributed by atoms with Gasteiger partial charge in [0.15, 0.2) is 11.2 Å². The van der Waals surface area contributed by atoms with Gasteiger partial charge in [0.2, 0.25) is 0 Å². The SMILES string of the molecule is CC(=C(C#N)S(=O)(=O)NC1C(O)OC(CO)C(O)C1O)c1ccc2cc(N3CCOCC3)ccc2c1. The molecule has 0 aliphatic carbocycles. The quantitative estimate of drug-likeness (QED) is 0.318. The largest absolute Gasteiger partial charge is 0.394 e. The van der Waals surface area contributed by atoms with Gasteiger partial charge in [-0.2, -0.15) is 9.98 Å². The summed E-state index contributed by atoms with van der Waals surface area (Å²) in [5.74, 6) is 0. The highest BCUT2D eigenvalue weighted by molar-refractivity contribution is 7.93. The molecule has 194 valence electrons. The van der Waals surface area contributed by atoms with E-state index in [4.69, 9.17) is 9.47 Å². The first-order valence-electron chi connectivity index (χ1n) is 11.5. The van der Waals surface area contributed by atoms with E-state index in [1.807, 2.05) is 24.3 Å². The fourth-order valence-corrected chi connectivity index (χ4v) is 5.80. The van der Waals surface area contributed by atoms with E-state index >= 15 is 0 Å². The van der Waals surface area contributed by atoms with Crippen LogP contribution in [0.15, 0.2) is 41.3 Å². The number of nitrogens with one attached hydrogen (secondary N) is 1. The molecule has 12 heteroatoms. The topological polar surface area (TPSA) is 173 Å². The molecule has 11 nitrogen and oxygen atoms in total. The van der Waals surface area contributed by atoms with Crippen LogP contribution in [0.3, 0.4) is 0 Å². The van der Waals surface area contributed by atoms with Gasteiger partial charge in [0.25, 0.3) is 10.0 Å². The van der Waals surface area contributed by atoms with Gasteiger partial charge in [0.05, 0.1) is 19.8 Å². The van der Waals surface area contributed by atoms with E-state index < -0.39 is 52.2 Å². The van der Waals surface area contributed by atoms with Crippen LogP contribution in [0.1, 0.15) is 12.5 Å². The van der Waals surface area contributed by atoms with Crippen molar-refractivity contribution < 1.29 is 38.3 Å². The Labute approximate surface area is 208 Å². The number of fused-ring (bicyclic) bond motifs is 1. The Balaban J connectivity index is 1.61. The van der Waals surface area contributed by atoms with Gasteiger partial charge in [0.1, 0.15) is 30.4 Å². The maximum Gasteiger partial charge on any atom is 0.251 e. The van der Waals surface area contributed by atoms with Crippen LogP contribution in [0.5, 0.6) is 0 Å². The third kappa shape index (κ3) is 5.24. The number of aliphatic hydroxyl groups is 4. The number of aliphatic hydroxyl groups excluding tert-OH is 4. The first-order valence-corrected chi connectivity index (χ1v) is 13.0. The van der Waals surface area contributed by atoms with Crippen molar-refractivity contribution in [2.24, 2.45) is 0 Å². The number of nitriles is 1. The maximum atomic E-state index is 13.1. The number of rotatable bonds is 6. The monoisotopic (exact) mass is 519 g/mol. The number of hydrogen-bond acceptors (Lipinski definition) is 10. The molecule has 0 radical (unpaired) electrons. The molecular weight excluding hydrogens is 490 g/mol. The Morgan fingerprint density at radius 2 is 1.78 bits per heavy atom. The number of ether oxygens (including phenoxy) is 2. The van der Waals surface area contributed by atoms with Crippen molar-refractivity contribution in [2.75, 3.05) is 37.8 Å². The summed E-state index contributed by atoms with van der Waals surface area (Å²) >= 11 is 0. The zero-order chi connectivity index (χ0) is 26.0. The van der Waals surface area contributed by atoms with Gasteiger partial charge in [0, 0.05) is 18.8 Å². The van der Waals surface area contributed by atoms with Crippen molar-refractivity contribution in [2.45, 2.75) is 37.6 Å². The molecule has 4 rings (SSSR count). The van der Waals surface area contributed by atoms with E-state index in [0.29, 0.717) is 18.8 Å². The fourth-order valence-electron chi connectivity index (χ4n) is 4.42. The molecular formula is C24H29N3O8S. The van der Waals surface area contributed by atoms with Gasteiger partial charge < -0.3 is 34.8 Å². The van der Waals surface area contributed by atoms with Crippen LogP contribution in [0.4, 0.5) is 5.69 Å². The van der Waals surface area contributed by atoms with Crippen molar-refractivity contribution in [3.8, 4) is 6.07 Å². The molecule has 0 bridgehead atoms. The Morgan fingerprint density at radius 1 is 1.11 bits per heavy atom. The summed E-state index contributed by atoms with van der Waals surface area (Å²) in [5.41, 5.74) is 1.73. The zero-order valence-electron chi connectivity index (χ0n) is 19.6. The molecule has 0 spiro atoms. The second-order valence-electron chi connectivity index (χ2n) is 8.79. The Hall–Kier alpha value is -2.60. The lowest BCUT2D eigenvalue weighted by Crippen LogP contribution is -2.64. The molecule has 5 atom stereocenters. The van der Waals surface area contributed by atoms with Crippen LogP contribution in [0.2, 0.25) is 0 Å². The highest BCUT2D eigenvalue weighted by atomic mass is 32.2. The van der Waals surface area contributed by atoms with Crippen molar-refractivity contribution >= 4 is 32.1 Å². The summed E-state index contributed by atoms with van der Waals surface area (Å²) in [6.07, 6.45) is -6.56. The lowest BCUT2D eigenvalue weighted by atomic mass is 9.98. The molecule has 0 saturated carbocycles. The number of morpholine rings is 1. The molecule has 2 aliphatic rings. The molecule has 0 aromatic heterocycles. The third-order valence-electron chi connectivity index (χ3n) is 6.54. The van der Waals surface area contributed by atoms with Gasteiger partial charge >= 0.3 is 0 Å². The predicted molar refractivity (Wildman–Crippen MR) is 131 cm³/mol. The summed E-state index contributed by atoms with van der Waals surface area (Å²) in [6.45, 7) is 3.74. The fraction of sp³-hybridized carbons (Fsp3) is 0.458. The second kappa shape index (κ2) is 10.8. The van der Waals surface area contributed by atoms with Crippen LogP contribution >= 0.6 is 0 Å². The maximum absolute atomic E-state index is 13.1. The van der Waals surface area contributed by atoms with Gasteiger partial charge in [-0.1, -0.05) is 18.2 Å². The highest BCUT2D eigenvalue weighted by Gasteiger charge is 2.45. The molecule has 2 aromatic rings. The van der Waals surface area contributed by atoms with E-state index in [1.165, 1.54) is 6.92 Å². The normalized spacial score (nSPS) is 28.0. The van der Waals surface area contributed by atoms with Crippen molar-refractivity contribution in [3.05, 3.63) is 46.9 Å². The summed E-state index contributed by atoms with van der Waals surface area (Å²) in [7, 11) is -4.53. The zero-order valence-corrected chi connectivity index (χ0v) is 20.4. The Bertz CT molecular complexity index is 1290. The minimum absolute atomic E-state index is 0.165. The number of benzene rings is 2. The van der Waals surface area contributed by atoms with Crippen molar-refractivity contribution in [3.63, 3.8) is 0 Å².